The minimum atomic E-state index is 0.104. The second-order valence-corrected chi connectivity index (χ2v) is 7.21. The predicted octanol–water partition coefficient (Wildman–Crippen LogP) is 3.90. The molecule has 0 spiro atoms. The molecule has 0 saturated carbocycles. The van der Waals surface area contributed by atoms with Gasteiger partial charge in [-0.05, 0) is 43.9 Å². The van der Waals surface area contributed by atoms with E-state index < -0.39 is 0 Å². The number of hydrogen-bond acceptors (Lipinski definition) is 4. The van der Waals surface area contributed by atoms with Gasteiger partial charge in [-0.1, -0.05) is 13.0 Å². The fraction of sp³-hybridized carbons (Fsp3) is 0.444. The largest absolute Gasteiger partial charge is 0.487 e. The molecular formula is C18H22N2O2S. The maximum atomic E-state index is 12.6. The lowest BCUT2D eigenvalue weighted by Gasteiger charge is -2.30. The first kappa shape index (κ1) is 16.0. The number of amides is 1. The SMILES string of the molecule is Cc1nc(COc2cccc(C(=O)N3CCC(C)CC3)c2)cs1. The highest BCUT2D eigenvalue weighted by Crippen LogP contribution is 2.21. The lowest BCUT2D eigenvalue weighted by molar-refractivity contribution is 0.0696. The topological polar surface area (TPSA) is 42.4 Å². The van der Waals surface area contributed by atoms with Gasteiger partial charge < -0.3 is 9.64 Å². The highest BCUT2D eigenvalue weighted by Gasteiger charge is 2.21. The van der Waals surface area contributed by atoms with Crippen LogP contribution < -0.4 is 4.74 Å². The lowest BCUT2D eigenvalue weighted by Crippen LogP contribution is -2.37. The number of aryl methyl sites for hydroxylation is 1. The molecule has 1 aliphatic rings. The van der Waals surface area contributed by atoms with Crippen molar-refractivity contribution in [1.82, 2.24) is 9.88 Å². The quantitative estimate of drug-likeness (QED) is 0.854. The molecule has 4 nitrogen and oxygen atoms in total. The van der Waals surface area contributed by atoms with Crippen molar-refractivity contribution in [3.8, 4) is 5.75 Å². The minimum Gasteiger partial charge on any atom is -0.487 e. The third-order valence-corrected chi connectivity index (χ3v) is 5.03. The molecule has 1 fully saturated rings. The van der Waals surface area contributed by atoms with Gasteiger partial charge in [-0.25, -0.2) is 4.98 Å². The highest BCUT2D eigenvalue weighted by molar-refractivity contribution is 7.09. The molecule has 0 aliphatic carbocycles. The van der Waals surface area contributed by atoms with Crippen LogP contribution in [0.5, 0.6) is 5.75 Å². The molecule has 0 N–H and O–H groups in total. The first-order valence-electron chi connectivity index (χ1n) is 8.05. The number of carbonyl (C=O) groups excluding carboxylic acids is 1. The van der Waals surface area contributed by atoms with Crippen molar-refractivity contribution in [1.29, 1.82) is 0 Å². The number of aromatic nitrogens is 1. The number of thiazole rings is 1. The number of benzene rings is 1. The third-order valence-electron chi connectivity index (χ3n) is 4.21. The number of ether oxygens (including phenoxy) is 1. The summed E-state index contributed by atoms with van der Waals surface area (Å²) in [5.74, 6) is 1.54. The van der Waals surface area contributed by atoms with Crippen LogP contribution in [0.3, 0.4) is 0 Å². The molecule has 23 heavy (non-hydrogen) atoms. The Balaban J connectivity index is 1.63. The fourth-order valence-electron chi connectivity index (χ4n) is 2.74. The van der Waals surface area contributed by atoms with Gasteiger partial charge in [0.1, 0.15) is 12.4 Å². The van der Waals surface area contributed by atoms with Crippen LogP contribution in [0.4, 0.5) is 0 Å². The molecule has 1 aromatic heterocycles. The monoisotopic (exact) mass is 330 g/mol. The number of carbonyl (C=O) groups is 1. The second kappa shape index (κ2) is 7.13. The molecule has 0 atom stereocenters. The van der Waals surface area contributed by atoms with E-state index in [1.807, 2.05) is 41.5 Å². The first-order chi connectivity index (χ1) is 11.1. The number of rotatable bonds is 4. The van der Waals surface area contributed by atoms with Crippen molar-refractivity contribution in [3.05, 3.63) is 45.9 Å². The predicted molar refractivity (Wildman–Crippen MR) is 91.9 cm³/mol. The van der Waals surface area contributed by atoms with Gasteiger partial charge in [-0.3, -0.25) is 4.79 Å². The van der Waals surface area contributed by atoms with Gasteiger partial charge in [0.15, 0.2) is 0 Å². The molecule has 3 rings (SSSR count). The Labute approximate surface area is 141 Å². The van der Waals surface area contributed by atoms with E-state index in [4.69, 9.17) is 4.74 Å². The molecule has 0 unspecified atom stereocenters. The molecule has 1 saturated heterocycles. The normalized spacial score (nSPS) is 15.7. The van der Waals surface area contributed by atoms with E-state index in [2.05, 4.69) is 11.9 Å². The molecule has 2 aromatic rings. The van der Waals surface area contributed by atoms with Gasteiger partial charge in [0.25, 0.3) is 5.91 Å². The Morgan fingerprint density at radius 3 is 2.87 bits per heavy atom. The molecule has 1 aromatic carbocycles. The summed E-state index contributed by atoms with van der Waals surface area (Å²) in [6, 6.07) is 7.45. The molecule has 122 valence electrons. The molecule has 0 bridgehead atoms. The van der Waals surface area contributed by atoms with Gasteiger partial charge >= 0.3 is 0 Å². The Kier molecular flexibility index (Phi) is 4.96. The van der Waals surface area contributed by atoms with E-state index in [-0.39, 0.29) is 5.91 Å². The number of likely N-dealkylation sites (tertiary alicyclic amines) is 1. The molecule has 0 radical (unpaired) electrons. The van der Waals surface area contributed by atoms with E-state index in [1.54, 1.807) is 11.3 Å². The van der Waals surface area contributed by atoms with Crippen LogP contribution in [0, 0.1) is 12.8 Å². The van der Waals surface area contributed by atoms with Crippen molar-refractivity contribution in [2.45, 2.75) is 33.3 Å². The van der Waals surface area contributed by atoms with Crippen molar-refractivity contribution in [3.63, 3.8) is 0 Å². The molecule has 5 heteroatoms. The van der Waals surface area contributed by atoms with Crippen molar-refractivity contribution >= 4 is 17.2 Å². The van der Waals surface area contributed by atoms with Crippen LogP contribution in [0.2, 0.25) is 0 Å². The number of nitrogens with zero attached hydrogens (tertiary/aromatic N) is 2. The number of hydrogen-bond donors (Lipinski definition) is 0. The number of piperidine rings is 1. The molecule has 2 heterocycles. The molecular weight excluding hydrogens is 308 g/mol. The molecule has 1 amide bonds. The minimum absolute atomic E-state index is 0.104. The smallest absolute Gasteiger partial charge is 0.253 e. The average molecular weight is 330 g/mol. The summed E-state index contributed by atoms with van der Waals surface area (Å²) >= 11 is 1.61. The van der Waals surface area contributed by atoms with Crippen LogP contribution in [-0.4, -0.2) is 28.9 Å². The van der Waals surface area contributed by atoms with E-state index in [9.17, 15) is 4.79 Å². The van der Waals surface area contributed by atoms with Crippen molar-refractivity contribution in [2.75, 3.05) is 13.1 Å². The maximum Gasteiger partial charge on any atom is 0.253 e. The summed E-state index contributed by atoms with van der Waals surface area (Å²) in [6.45, 7) is 6.36. The van der Waals surface area contributed by atoms with Crippen molar-refractivity contribution < 1.29 is 9.53 Å². The zero-order valence-corrected chi connectivity index (χ0v) is 14.4. The summed E-state index contributed by atoms with van der Waals surface area (Å²) < 4.78 is 5.77. The first-order valence-corrected chi connectivity index (χ1v) is 8.93. The second-order valence-electron chi connectivity index (χ2n) is 6.15. The van der Waals surface area contributed by atoms with Crippen LogP contribution in [0.15, 0.2) is 29.6 Å². The van der Waals surface area contributed by atoms with E-state index in [0.29, 0.717) is 17.9 Å². The zero-order valence-electron chi connectivity index (χ0n) is 13.6. The van der Waals surface area contributed by atoms with Gasteiger partial charge in [0.2, 0.25) is 0 Å². The van der Waals surface area contributed by atoms with Gasteiger partial charge in [0.05, 0.1) is 10.7 Å². The van der Waals surface area contributed by atoms with Gasteiger partial charge in [-0.2, -0.15) is 0 Å². The van der Waals surface area contributed by atoms with Crippen LogP contribution in [0.1, 0.15) is 40.8 Å². The highest BCUT2D eigenvalue weighted by atomic mass is 32.1. The Bertz CT molecular complexity index is 675. The lowest BCUT2D eigenvalue weighted by atomic mass is 9.98. The van der Waals surface area contributed by atoms with E-state index in [0.717, 1.165) is 42.6 Å². The van der Waals surface area contributed by atoms with E-state index >= 15 is 0 Å². The van der Waals surface area contributed by atoms with E-state index in [1.165, 1.54) is 0 Å². The Morgan fingerprint density at radius 1 is 1.39 bits per heavy atom. The van der Waals surface area contributed by atoms with Gasteiger partial charge in [0, 0.05) is 24.0 Å². The average Bonchev–Trinajstić information content (AvgIpc) is 2.99. The maximum absolute atomic E-state index is 12.6. The summed E-state index contributed by atoms with van der Waals surface area (Å²) in [7, 11) is 0. The molecule has 1 aliphatic heterocycles. The summed E-state index contributed by atoms with van der Waals surface area (Å²) in [5.41, 5.74) is 1.63. The van der Waals surface area contributed by atoms with Crippen LogP contribution in [-0.2, 0) is 6.61 Å². The summed E-state index contributed by atoms with van der Waals surface area (Å²) in [6.07, 6.45) is 2.18. The van der Waals surface area contributed by atoms with Crippen LogP contribution >= 0.6 is 11.3 Å². The third kappa shape index (κ3) is 4.10. The summed E-state index contributed by atoms with van der Waals surface area (Å²) in [4.78, 5) is 18.9. The summed E-state index contributed by atoms with van der Waals surface area (Å²) in [5, 5.41) is 3.03. The van der Waals surface area contributed by atoms with Crippen LogP contribution in [0.25, 0.3) is 0 Å². The zero-order chi connectivity index (χ0) is 16.2. The Hall–Kier alpha value is -1.88. The standard InChI is InChI=1S/C18H22N2O2S/c1-13-6-8-20(9-7-13)18(21)15-4-3-5-17(10-15)22-11-16-12-23-14(2)19-16/h3-5,10,12-13H,6-9,11H2,1-2H3. The van der Waals surface area contributed by atoms with Crippen molar-refractivity contribution in [2.24, 2.45) is 5.92 Å². The Morgan fingerprint density at radius 2 is 2.17 bits per heavy atom. The fourth-order valence-corrected chi connectivity index (χ4v) is 3.34. The van der Waals surface area contributed by atoms with Gasteiger partial charge in [-0.15, -0.1) is 11.3 Å².